The number of hydrogen-bond donors (Lipinski definition) is 0. The summed E-state index contributed by atoms with van der Waals surface area (Å²) in [5.74, 6) is 1.70. The minimum absolute atomic E-state index is 0.535. The van der Waals surface area contributed by atoms with Crippen molar-refractivity contribution in [2.45, 2.75) is 39.7 Å². The molecule has 1 aromatic rings. The number of nitrogens with zero attached hydrogens (tertiary/aromatic N) is 2. The average molecular weight is 241 g/mol. The molecule has 0 aromatic carbocycles. The van der Waals surface area contributed by atoms with E-state index in [1.807, 2.05) is 13.0 Å². The van der Waals surface area contributed by atoms with Crippen molar-refractivity contribution in [3.05, 3.63) is 23.9 Å². The standard InChI is InChI=1S/C13H21ClN2/c1-4-12(5-2)16(10-9-14)13-8-6-7-11(3)15-13/h6-8,12H,4-5,9-10H2,1-3H3. The summed E-state index contributed by atoms with van der Waals surface area (Å²) >= 11 is 5.87. The fourth-order valence-electron chi connectivity index (χ4n) is 1.99. The molecule has 0 saturated heterocycles. The van der Waals surface area contributed by atoms with Crippen LogP contribution in [0.4, 0.5) is 5.82 Å². The second kappa shape index (κ2) is 6.74. The van der Waals surface area contributed by atoms with Crippen LogP contribution in [-0.4, -0.2) is 23.5 Å². The second-order valence-electron chi connectivity index (χ2n) is 3.99. The van der Waals surface area contributed by atoms with E-state index in [4.69, 9.17) is 11.6 Å². The Morgan fingerprint density at radius 1 is 1.31 bits per heavy atom. The van der Waals surface area contributed by atoms with Gasteiger partial charge in [-0.3, -0.25) is 0 Å². The summed E-state index contributed by atoms with van der Waals surface area (Å²) in [7, 11) is 0. The maximum absolute atomic E-state index is 5.87. The molecule has 0 amide bonds. The third-order valence-electron chi connectivity index (χ3n) is 2.88. The van der Waals surface area contributed by atoms with Crippen molar-refractivity contribution in [3.63, 3.8) is 0 Å². The fourth-order valence-corrected chi connectivity index (χ4v) is 2.18. The van der Waals surface area contributed by atoms with E-state index in [0.29, 0.717) is 11.9 Å². The number of alkyl halides is 1. The van der Waals surface area contributed by atoms with Gasteiger partial charge in [0, 0.05) is 24.2 Å². The second-order valence-corrected chi connectivity index (χ2v) is 4.37. The van der Waals surface area contributed by atoms with Crippen molar-refractivity contribution in [2.75, 3.05) is 17.3 Å². The molecule has 0 bridgehead atoms. The molecule has 0 unspecified atom stereocenters. The van der Waals surface area contributed by atoms with Crippen LogP contribution in [0.1, 0.15) is 32.4 Å². The Labute approximate surface area is 104 Å². The smallest absolute Gasteiger partial charge is 0.129 e. The molecule has 0 atom stereocenters. The van der Waals surface area contributed by atoms with Crippen LogP contribution in [0.5, 0.6) is 0 Å². The molecule has 90 valence electrons. The van der Waals surface area contributed by atoms with E-state index in [9.17, 15) is 0 Å². The van der Waals surface area contributed by atoms with Gasteiger partial charge in [0.05, 0.1) is 0 Å². The van der Waals surface area contributed by atoms with Crippen molar-refractivity contribution < 1.29 is 0 Å². The molecule has 16 heavy (non-hydrogen) atoms. The maximum atomic E-state index is 5.87. The van der Waals surface area contributed by atoms with Crippen LogP contribution >= 0.6 is 11.6 Å². The van der Waals surface area contributed by atoms with Crippen LogP contribution in [-0.2, 0) is 0 Å². The van der Waals surface area contributed by atoms with Gasteiger partial charge in [0.1, 0.15) is 5.82 Å². The van der Waals surface area contributed by atoms with Crippen molar-refractivity contribution in [3.8, 4) is 0 Å². The van der Waals surface area contributed by atoms with Gasteiger partial charge in [-0.15, -0.1) is 11.6 Å². The van der Waals surface area contributed by atoms with Crippen molar-refractivity contribution in [1.29, 1.82) is 0 Å². The predicted octanol–water partition coefficient (Wildman–Crippen LogP) is 3.62. The summed E-state index contributed by atoms with van der Waals surface area (Å²) < 4.78 is 0. The molecule has 1 heterocycles. The summed E-state index contributed by atoms with van der Waals surface area (Å²) in [5, 5.41) is 0. The van der Waals surface area contributed by atoms with Gasteiger partial charge in [-0.2, -0.15) is 0 Å². The van der Waals surface area contributed by atoms with Gasteiger partial charge in [0.25, 0.3) is 0 Å². The Balaban J connectivity index is 2.91. The lowest BCUT2D eigenvalue weighted by Crippen LogP contribution is -2.36. The highest BCUT2D eigenvalue weighted by Gasteiger charge is 2.15. The normalized spacial score (nSPS) is 10.8. The third-order valence-corrected chi connectivity index (χ3v) is 3.05. The van der Waals surface area contributed by atoms with Crippen molar-refractivity contribution in [1.82, 2.24) is 4.98 Å². The molecule has 3 heteroatoms. The van der Waals surface area contributed by atoms with Gasteiger partial charge in [-0.1, -0.05) is 19.9 Å². The third kappa shape index (κ3) is 3.38. The number of halogens is 1. The van der Waals surface area contributed by atoms with E-state index in [-0.39, 0.29) is 0 Å². The molecule has 0 aliphatic carbocycles. The summed E-state index contributed by atoms with van der Waals surface area (Å²) in [4.78, 5) is 6.90. The molecule has 0 fully saturated rings. The zero-order chi connectivity index (χ0) is 12.0. The summed E-state index contributed by atoms with van der Waals surface area (Å²) in [6, 6.07) is 6.68. The first-order valence-electron chi connectivity index (χ1n) is 5.99. The van der Waals surface area contributed by atoms with E-state index in [1.165, 1.54) is 0 Å². The number of pyridine rings is 1. The van der Waals surface area contributed by atoms with E-state index >= 15 is 0 Å². The average Bonchev–Trinajstić information content (AvgIpc) is 2.29. The first-order chi connectivity index (χ1) is 7.72. The van der Waals surface area contributed by atoms with E-state index < -0.39 is 0 Å². The minimum Gasteiger partial charge on any atom is -0.352 e. The molecule has 0 radical (unpaired) electrons. The monoisotopic (exact) mass is 240 g/mol. The highest BCUT2D eigenvalue weighted by Crippen LogP contribution is 2.18. The van der Waals surface area contributed by atoms with Crippen LogP contribution in [0.15, 0.2) is 18.2 Å². The molecule has 0 aliphatic heterocycles. The van der Waals surface area contributed by atoms with Gasteiger partial charge in [0.15, 0.2) is 0 Å². The van der Waals surface area contributed by atoms with Crippen LogP contribution in [0.2, 0.25) is 0 Å². The number of anilines is 1. The van der Waals surface area contributed by atoms with E-state index in [1.54, 1.807) is 0 Å². The van der Waals surface area contributed by atoms with E-state index in [2.05, 4.69) is 35.9 Å². The van der Waals surface area contributed by atoms with Crippen molar-refractivity contribution >= 4 is 17.4 Å². The highest BCUT2D eigenvalue weighted by molar-refractivity contribution is 6.18. The summed E-state index contributed by atoms with van der Waals surface area (Å²) in [6.07, 6.45) is 2.26. The van der Waals surface area contributed by atoms with Gasteiger partial charge < -0.3 is 4.90 Å². The summed E-state index contributed by atoms with van der Waals surface area (Å²) in [5.41, 5.74) is 1.06. The first kappa shape index (κ1) is 13.3. The molecular weight excluding hydrogens is 220 g/mol. The zero-order valence-electron chi connectivity index (χ0n) is 10.4. The Morgan fingerprint density at radius 2 is 2.00 bits per heavy atom. The molecule has 0 spiro atoms. The zero-order valence-corrected chi connectivity index (χ0v) is 11.2. The topological polar surface area (TPSA) is 16.1 Å². The number of aromatic nitrogens is 1. The van der Waals surface area contributed by atoms with Gasteiger partial charge in [-0.25, -0.2) is 4.98 Å². The first-order valence-corrected chi connectivity index (χ1v) is 6.52. The predicted molar refractivity (Wildman–Crippen MR) is 71.4 cm³/mol. The summed E-state index contributed by atoms with van der Waals surface area (Å²) in [6.45, 7) is 7.32. The fraction of sp³-hybridized carbons (Fsp3) is 0.615. The molecule has 0 aliphatic rings. The number of rotatable bonds is 6. The highest BCUT2D eigenvalue weighted by atomic mass is 35.5. The Kier molecular flexibility index (Phi) is 5.61. The van der Waals surface area contributed by atoms with Gasteiger partial charge in [0.2, 0.25) is 0 Å². The molecule has 1 aromatic heterocycles. The Morgan fingerprint density at radius 3 is 2.50 bits per heavy atom. The van der Waals surface area contributed by atoms with Gasteiger partial charge in [-0.05, 0) is 31.9 Å². The van der Waals surface area contributed by atoms with Crippen LogP contribution in [0.25, 0.3) is 0 Å². The van der Waals surface area contributed by atoms with Crippen LogP contribution in [0, 0.1) is 6.92 Å². The molecule has 2 nitrogen and oxygen atoms in total. The SMILES string of the molecule is CCC(CC)N(CCCl)c1cccc(C)n1. The lowest BCUT2D eigenvalue weighted by Gasteiger charge is -2.31. The molecular formula is C13H21ClN2. The molecule has 0 saturated carbocycles. The van der Waals surface area contributed by atoms with Crippen LogP contribution < -0.4 is 4.90 Å². The number of aryl methyl sites for hydroxylation is 1. The van der Waals surface area contributed by atoms with Crippen molar-refractivity contribution in [2.24, 2.45) is 0 Å². The largest absolute Gasteiger partial charge is 0.352 e. The van der Waals surface area contributed by atoms with Gasteiger partial charge >= 0.3 is 0 Å². The number of hydrogen-bond acceptors (Lipinski definition) is 2. The molecule has 0 N–H and O–H groups in total. The lowest BCUT2D eigenvalue weighted by molar-refractivity contribution is 0.562. The maximum Gasteiger partial charge on any atom is 0.129 e. The molecule has 1 rings (SSSR count). The Hall–Kier alpha value is -0.760. The minimum atomic E-state index is 0.535. The quantitative estimate of drug-likeness (QED) is 0.706. The Bertz CT molecular complexity index is 311. The van der Waals surface area contributed by atoms with Crippen LogP contribution in [0.3, 0.4) is 0 Å². The van der Waals surface area contributed by atoms with E-state index in [0.717, 1.165) is 30.9 Å². The lowest BCUT2D eigenvalue weighted by atomic mass is 10.1.